The number of aromatic nitrogens is 6. The normalized spacial score (nSPS) is 15.5. The first-order valence-electron chi connectivity index (χ1n) is 9.90. The van der Waals surface area contributed by atoms with E-state index in [9.17, 15) is 13.2 Å². The van der Waals surface area contributed by atoms with Crippen LogP contribution < -0.4 is 4.90 Å². The van der Waals surface area contributed by atoms with Gasteiger partial charge in [0.2, 0.25) is 0 Å². The topological polar surface area (TPSA) is 72.1 Å². The molecule has 5 heterocycles. The van der Waals surface area contributed by atoms with Crippen LogP contribution in [0.25, 0.3) is 16.9 Å². The molecule has 31 heavy (non-hydrogen) atoms. The van der Waals surface area contributed by atoms with Crippen LogP contribution in [0.3, 0.4) is 0 Å². The van der Waals surface area contributed by atoms with Crippen molar-refractivity contribution in [2.45, 2.75) is 24.9 Å². The lowest BCUT2D eigenvalue weighted by molar-refractivity contribution is -0.137. The van der Waals surface area contributed by atoms with Crippen molar-refractivity contribution in [2.75, 3.05) is 18.0 Å². The Labute approximate surface area is 175 Å². The van der Waals surface area contributed by atoms with Crippen molar-refractivity contribution in [3.05, 3.63) is 66.4 Å². The molecular weight excluding hydrogens is 407 g/mol. The van der Waals surface area contributed by atoms with Gasteiger partial charge in [-0.1, -0.05) is 0 Å². The van der Waals surface area contributed by atoms with Crippen molar-refractivity contribution < 1.29 is 13.2 Å². The van der Waals surface area contributed by atoms with E-state index in [0.717, 1.165) is 42.2 Å². The van der Waals surface area contributed by atoms with Gasteiger partial charge in [0.05, 0.1) is 11.3 Å². The molecule has 0 aliphatic carbocycles. The molecule has 1 aliphatic heterocycles. The van der Waals surface area contributed by atoms with Gasteiger partial charge in [0.1, 0.15) is 5.82 Å². The lowest BCUT2D eigenvalue weighted by Gasteiger charge is -2.32. The minimum absolute atomic E-state index is 0.150. The highest BCUT2D eigenvalue weighted by molar-refractivity contribution is 5.58. The Bertz CT molecular complexity index is 1180. The molecule has 0 unspecified atom stereocenters. The van der Waals surface area contributed by atoms with Crippen LogP contribution in [0.5, 0.6) is 0 Å². The molecule has 0 aromatic carbocycles. The van der Waals surface area contributed by atoms with E-state index >= 15 is 0 Å². The summed E-state index contributed by atoms with van der Waals surface area (Å²) >= 11 is 0. The molecule has 0 radical (unpaired) electrons. The van der Waals surface area contributed by atoms with Gasteiger partial charge in [-0.05, 0) is 49.2 Å². The SMILES string of the molecule is FC(F)(F)c1ccc(N2CCC(c3nnc4ccc(-c5cccnc5)nn34)CC2)nc1. The molecule has 1 fully saturated rings. The summed E-state index contributed by atoms with van der Waals surface area (Å²) in [5.41, 5.74) is 1.63. The number of alkyl halides is 3. The van der Waals surface area contributed by atoms with E-state index < -0.39 is 11.7 Å². The van der Waals surface area contributed by atoms with Crippen molar-refractivity contribution in [1.82, 2.24) is 29.8 Å². The summed E-state index contributed by atoms with van der Waals surface area (Å²) in [5, 5.41) is 13.3. The van der Waals surface area contributed by atoms with Crippen LogP contribution in [-0.2, 0) is 6.18 Å². The number of anilines is 1. The standard InChI is InChI=1S/C21H18F3N7/c22-21(23,24)16-3-5-18(26-13-16)30-10-7-14(8-11-30)20-28-27-19-6-4-17(29-31(19)20)15-2-1-9-25-12-15/h1-6,9,12-14H,7-8,10-11H2. The van der Waals surface area contributed by atoms with Gasteiger partial charge >= 0.3 is 6.18 Å². The molecule has 0 bridgehead atoms. The lowest BCUT2D eigenvalue weighted by atomic mass is 9.96. The second-order valence-corrected chi connectivity index (χ2v) is 7.45. The molecule has 1 saturated heterocycles. The number of pyridine rings is 2. The highest BCUT2D eigenvalue weighted by Gasteiger charge is 2.31. The zero-order chi connectivity index (χ0) is 21.4. The third-order valence-corrected chi connectivity index (χ3v) is 5.50. The summed E-state index contributed by atoms with van der Waals surface area (Å²) in [6.45, 7) is 1.33. The van der Waals surface area contributed by atoms with Crippen LogP contribution in [-0.4, -0.2) is 42.9 Å². The molecule has 0 spiro atoms. The summed E-state index contributed by atoms with van der Waals surface area (Å²) < 4.78 is 40.0. The maximum absolute atomic E-state index is 12.8. The molecule has 4 aromatic rings. The van der Waals surface area contributed by atoms with E-state index in [4.69, 9.17) is 5.10 Å². The highest BCUT2D eigenvalue weighted by atomic mass is 19.4. The fourth-order valence-corrected chi connectivity index (χ4v) is 3.84. The third-order valence-electron chi connectivity index (χ3n) is 5.50. The van der Waals surface area contributed by atoms with Crippen molar-refractivity contribution >= 4 is 11.5 Å². The van der Waals surface area contributed by atoms with Crippen molar-refractivity contribution in [2.24, 2.45) is 0 Å². The first-order valence-corrected chi connectivity index (χ1v) is 9.90. The van der Waals surface area contributed by atoms with Gasteiger partial charge in [-0.2, -0.15) is 22.8 Å². The van der Waals surface area contributed by atoms with Gasteiger partial charge in [0.25, 0.3) is 0 Å². The van der Waals surface area contributed by atoms with Crippen LogP contribution in [0.4, 0.5) is 19.0 Å². The van der Waals surface area contributed by atoms with E-state index in [2.05, 4.69) is 20.2 Å². The summed E-state index contributed by atoms with van der Waals surface area (Å²) in [5.74, 6) is 1.49. The molecule has 1 aliphatic rings. The molecule has 0 saturated carbocycles. The van der Waals surface area contributed by atoms with Crippen LogP contribution in [0, 0.1) is 0 Å². The Kier molecular flexibility index (Phi) is 4.76. The number of hydrogen-bond acceptors (Lipinski definition) is 6. The first kappa shape index (κ1) is 19.4. The predicted molar refractivity (Wildman–Crippen MR) is 107 cm³/mol. The van der Waals surface area contributed by atoms with Gasteiger partial charge in [-0.3, -0.25) is 4.98 Å². The van der Waals surface area contributed by atoms with E-state index in [1.807, 2.05) is 29.2 Å². The Hall–Kier alpha value is -3.56. The lowest BCUT2D eigenvalue weighted by Crippen LogP contribution is -2.34. The Balaban J connectivity index is 1.33. The fraction of sp³-hybridized carbons (Fsp3) is 0.286. The average Bonchev–Trinajstić information content (AvgIpc) is 3.23. The number of halogens is 3. The molecule has 5 rings (SSSR count). The van der Waals surface area contributed by atoms with E-state index in [-0.39, 0.29) is 5.92 Å². The monoisotopic (exact) mass is 425 g/mol. The molecule has 0 N–H and O–H groups in total. The van der Waals surface area contributed by atoms with Crippen LogP contribution >= 0.6 is 0 Å². The van der Waals surface area contributed by atoms with E-state index in [1.165, 1.54) is 6.07 Å². The Morgan fingerprint density at radius 2 is 1.77 bits per heavy atom. The predicted octanol–water partition coefficient (Wildman–Crippen LogP) is 3.98. The number of hydrogen-bond donors (Lipinski definition) is 0. The van der Waals surface area contributed by atoms with Crippen molar-refractivity contribution in [3.63, 3.8) is 0 Å². The van der Waals surface area contributed by atoms with Crippen LogP contribution in [0.1, 0.15) is 30.1 Å². The number of piperidine rings is 1. The third kappa shape index (κ3) is 3.80. The first-order chi connectivity index (χ1) is 15.0. The van der Waals surface area contributed by atoms with Crippen LogP contribution in [0.2, 0.25) is 0 Å². The second-order valence-electron chi connectivity index (χ2n) is 7.45. The molecule has 4 aromatic heterocycles. The summed E-state index contributed by atoms with van der Waals surface area (Å²) in [6, 6.07) is 10.1. The van der Waals surface area contributed by atoms with Gasteiger partial charge in [-0.15, -0.1) is 10.2 Å². The maximum Gasteiger partial charge on any atom is 0.417 e. The fourth-order valence-electron chi connectivity index (χ4n) is 3.84. The highest BCUT2D eigenvalue weighted by Crippen LogP contribution is 2.32. The average molecular weight is 425 g/mol. The number of fused-ring (bicyclic) bond motifs is 1. The molecule has 10 heteroatoms. The second kappa shape index (κ2) is 7.60. The zero-order valence-corrected chi connectivity index (χ0v) is 16.4. The van der Waals surface area contributed by atoms with Gasteiger partial charge in [0.15, 0.2) is 11.5 Å². The smallest absolute Gasteiger partial charge is 0.357 e. The largest absolute Gasteiger partial charge is 0.417 e. The van der Waals surface area contributed by atoms with Gasteiger partial charge in [0, 0.05) is 43.2 Å². The molecule has 7 nitrogen and oxygen atoms in total. The molecule has 0 amide bonds. The minimum Gasteiger partial charge on any atom is -0.357 e. The maximum atomic E-state index is 12.8. The number of rotatable bonds is 3. The quantitative estimate of drug-likeness (QED) is 0.494. The molecular formula is C21H18F3N7. The Morgan fingerprint density at radius 3 is 2.45 bits per heavy atom. The summed E-state index contributed by atoms with van der Waals surface area (Å²) in [6.07, 6.45) is 1.54. The zero-order valence-electron chi connectivity index (χ0n) is 16.4. The van der Waals surface area contributed by atoms with Gasteiger partial charge < -0.3 is 4.90 Å². The number of nitrogens with zero attached hydrogens (tertiary/aromatic N) is 7. The van der Waals surface area contributed by atoms with Crippen molar-refractivity contribution in [3.8, 4) is 11.3 Å². The summed E-state index contributed by atoms with van der Waals surface area (Å²) in [7, 11) is 0. The van der Waals surface area contributed by atoms with Crippen LogP contribution in [0.15, 0.2) is 55.0 Å². The van der Waals surface area contributed by atoms with E-state index in [0.29, 0.717) is 24.6 Å². The van der Waals surface area contributed by atoms with Gasteiger partial charge in [-0.25, -0.2) is 4.98 Å². The molecule has 0 atom stereocenters. The molecule has 158 valence electrons. The van der Waals surface area contributed by atoms with Crippen molar-refractivity contribution in [1.29, 1.82) is 0 Å². The Morgan fingerprint density at radius 1 is 0.935 bits per heavy atom. The van der Waals surface area contributed by atoms with E-state index in [1.54, 1.807) is 16.9 Å². The minimum atomic E-state index is -4.38. The summed E-state index contributed by atoms with van der Waals surface area (Å²) in [4.78, 5) is 10.1.